The lowest BCUT2D eigenvalue weighted by Gasteiger charge is -2.16. The number of nitrogens with zero attached hydrogens (tertiary/aromatic N) is 2. The highest BCUT2D eigenvalue weighted by Crippen LogP contribution is 2.16. The molecule has 0 amide bonds. The molecule has 0 fully saturated rings. The topological polar surface area (TPSA) is 114 Å². The minimum atomic E-state index is -3.84. The molecule has 2 rings (SSSR count). The van der Waals surface area contributed by atoms with E-state index < -0.39 is 16.1 Å². The second kappa shape index (κ2) is 6.06. The van der Waals surface area contributed by atoms with Crippen molar-refractivity contribution in [1.29, 1.82) is 5.41 Å². The summed E-state index contributed by atoms with van der Waals surface area (Å²) in [6, 6.07) is 7.82. The predicted molar refractivity (Wildman–Crippen MR) is 79.3 cm³/mol. The Morgan fingerprint density at radius 2 is 2.10 bits per heavy atom. The van der Waals surface area contributed by atoms with Gasteiger partial charge in [0.15, 0.2) is 5.03 Å². The second-order valence-electron chi connectivity index (χ2n) is 4.46. The van der Waals surface area contributed by atoms with Crippen LogP contribution >= 0.6 is 0 Å². The highest BCUT2D eigenvalue weighted by molar-refractivity contribution is 7.89. The molecule has 7 nitrogen and oxygen atoms in total. The number of nitrogens with one attached hydrogen (secondary N) is 2. The number of benzene rings is 1. The molecule has 112 valence electrons. The first-order chi connectivity index (χ1) is 9.94. The smallest absolute Gasteiger partial charge is 0.260 e. The van der Waals surface area contributed by atoms with Crippen LogP contribution in [0.5, 0.6) is 0 Å². The Morgan fingerprint density at radius 1 is 1.43 bits per heavy atom. The Morgan fingerprint density at radius 3 is 2.62 bits per heavy atom. The van der Waals surface area contributed by atoms with E-state index in [0.717, 1.165) is 0 Å². The van der Waals surface area contributed by atoms with E-state index in [1.807, 2.05) is 6.92 Å². The van der Waals surface area contributed by atoms with Gasteiger partial charge in [0.1, 0.15) is 11.9 Å². The van der Waals surface area contributed by atoms with Crippen LogP contribution in [0.3, 0.4) is 0 Å². The molecule has 0 aliphatic heterocycles. The maximum atomic E-state index is 12.3. The van der Waals surface area contributed by atoms with Crippen molar-refractivity contribution in [1.82, 2.24) is 14.3 Å². The maximum absolute atomic E-state index is 12.3. The van der Waals surface area contributed by atoms with Gasteiger partial charge in [-0.05, 0) is 12.5 Å². The first kappa shape index (κ1) is 15.2. The highest BCUT2D eigenvalue weighted by atomic mass is 32.2. The van der Waals surface area contributed by atoms with Gasteiger partial charge in [-0.1, -0.05) is 30.3 Å². The largest absolute Gasteiger partial charge is 0.386 e. The van der Waals surface area contributed by atoms with E-state index in [1.54, 1.807) is 34.9 Å². The Bertz CT molecular complexity index is 724. The first-order valence-corrected chi connectivity index (χ1v) is 7.85. The summed E-state index contributed by atoms with van der Waals surface area (Å²) < 4.78 is 28.7. The molecule has 0 saturated heterocycles. The van der Waals surface area contributed by atoms with Crippen LogP contribution in [0.2, 0.25) is 0 Å². The van der Waals surface area contributed by atoms with Gasteiger partial charge in [0.2, 0.25) is 0 Å². The summed E-state index contributed by atoms with van der Waals surface area (Å²) in [6.45, 7) is 2.51. The second-order valence-corrected chi connectivity index (χ2v) is 6.12. The summed E-state index contributed by atoms with van der Waals surface area (Å²) in [4.78, 5) is 3.87. The molecule has 8 heteroatoms. The van der Waals surface area contributed by atoms with Crippen LogP contribution < -0.4 is 10.5 Å². The fraction of sp³-hybridized carbons (Fsp3) is 0.231. The number of nitrogens with two attached hydrogens (primary N) is 1. The molecule has 0 aliphatic rings. The van der Waals surface area contributed by atoms with E-state index >= 15 is 0 Å². The number of aromatic nitrogens is 2. The molecule has 0 aliphatic carbocycles. The van der Waals surface area contributed by atoms with Crippen molar-refractivity contribution >= 4 is 15.9 Å². The van der Waals surface area contributed by atoms with Crippen molar-refractivity contribution in [2.45, 2.75) is 24.5 Å². The third-order valence-electron chi connectivity index (χ3n) is 2.97. The number of imidazole rings is 1. The number of aryl methyl sites for hydroxylation is 1. The molecule has 1 heterocycles. The Kier molecular flexibility index (Phi) is 4.39. The average Bonchev–Trinajstić information content (AvgIpc) is 2.95. The predicted octanol–water partition coefficient (Wildman–Crippen LogP) is 0.859. The van der Waals surface area contributed by atoms with Crippen LogP contribution in [0.15, 0.2) is 47.9 Å². The number of hydrogen-bond donors (Lipinski definition) is 3. The van der Waals surface area contributed by atoms with Gasteiger partial charge in [0, 0.05) is 12.7 Å². The van der Waals surface area contributed by atoms with E-state index in [2.05, 4.69) is 9.71 Å². The molecule has 0 saturated carbocycles. The molecule has 0 bridgehead atoms. The van der Waals surface area contributed by atoms with Crippen molar-refractivity contribution < 1.29 is 8.42 Å². The van der Waals surface area contributed by atoms with Crippen LogP contribution in [0.1, 0.15) is 18.5 Å². The number of sulfonamides is 1. The summed E-state index contributed by atoms with van der Waals surface area (Å²) in [5, 5.41) is 7.51. The van der Waals surface area contributed by atoms with Gasteiger partial charge in [-0.3, -0.25) is 5.41 Å². The quantitative estimate of drug-likeness (QED) is 0.542. The van der Waals surface area contributed by atoms with E-state index in [1.165, 1.54) is 12.5 Å². The van der Waals surface area contributed by atoms with Crippen molar-refractivity contribution in [3.63, 3.8) is 0 Å². The van der Waals surface area contributed by atoms with Gasteiger partial charge in [0.05, 0.1) is 6.33 Å². The van der Waals surface area contributed by atoms with Crippen LogP contribution in [0.4, 0.5) is 0 Å². The molecule has 1 atom stereocenters. The van der Waals surface area contributed by atoms with Crippen LogP contribution in [0.25, 0.3) is 0 Å². The minimum absolute atomic E-state index is 0.0912. The zero-order valence-electron chi connectivity index (χ0n) is 11.5. The molecule has 2 aromatic rings. The molecule has 4 N–H and O–H groups in total. The molecular weight excluding hydrogens is 290 g/mol. The summed E-state index contributed by atoms with van der Waals surface area (Å²) >= 11 is 0. The Labute approximate surface area is 123 Å². The fourth-order valence-electron chi connectivity index (χ4n) is 1.82. The van der Waals surface area contributed by atoms with Crippen molar-refractivity contribution in [3.8, 4) is 0 Å². The maximum Gasteiger partial charge on any atom is 0.260 e. The number of amidine groups is 1. The number of rotatable bonds is 6. The van der Waals surface area contributed by atoms with Crippen molar-refractivity contribution in [2.75, 3.05) is 0 Å². The summed E-state index contributed by atoms with van der Waals surface area (Å²) in [6.07, 6.45) is 2.88. The van der Waals surface area contributed by atoms with Crippen LogP contribution in [-0.2, 0) is 16.6 Å². The zero-order valence-corrected chi connectivity index (χ0v) is 12.3. The molecule has 1 unspecified atom stereocenters. The highest BCUT2D eigenvalue weighted by Gasteiger charge is 2.25. The molecular formula is C13H17N5O2S. The van der Waals surface area contributed by atoms with Gasteiger partial charge in [-0.2, -0.15) is 4.72 Å². The van der Waals surface area contributed by atoms with E-state index in [-0.39, 0.29) is 10.9 Å². The Balaban J connectivity index is 2.30. The summed E-state index contributed by atoms with van der Waals surface area (Å²) in [5.74, 6) is -0.278. The van der Waals surface area contributed by atoms with E-state index in [9.17, 15) is 8.42 Å². The number of hydrogen-bond acceptors (Lipinski definition) is 4. The standard InChI is InChI=1S/C13H17N5O2S/c1-2-18-8-11(16-9-18)21(19,20)17-12(13(14)15)10-6-4-3-5-7-10/h3-9,12,17H,2H2,1H3,(H3,14,15). The fourth-order valence-corrected chi connectivity index (χ4v) is 2.98. The van der Waals surface area contributed by atoms with Gasteiger partial charge in [0.25, 0.3) is 10.0 Å². The first-order valence-electron chi connectivity index (χ1n) is 6.37. The minimum Gasteiger partial charge on any atom is -0.386 e. The van der Waals surface area contributed by atoms with Gasteiger partial charge >= 0.3 is 0 Å². The molecule has 1 aromatic carbocycles. The lowest BCUT2D eigenvalue weighted by molar-refractivity contribution is 0.573. The van der Waals surface area contributed by atoms with Gasteiger partial charge < -0.3 is 10.3 Å². The summed E-state index contributed by atoms with van der Waals surface area (Å²) in [5.41, 5.74) is 6.12. The normalized spacial score (nSPS) is 13.0. The monoisotopic (exact) mass is 307 g/mol. The molecule has 0 spiro atoms. The summed E-state index contributed by atoms with van der Waals surface area (Å²) in [7, 11) is -3.84. The van der Waals surface area contributed by atoms with E-state index in [0.29, 0.717) is 12.1 Å². The SMILES string of the molecule is CCn1cnc(S(=O)(=O)NC(C(=N)N)c2ccccc2)c1. The Hall–Kier alpha value is -2.19. The van der Waals surface area contributed by atoms with Gasteiger partial charge in [-0.15, -0.1) is 0 Å². The van der Waals surface area contributed by atoms with Crippen molar-refractivity contribution in [2.24, 2.45) is 5.73 Å². The lowest BCUT2D eigenvalue weighted by Crippen LogP contribution is -2.37. The van der Waals surface area contributed by atoms with Gasteiger partial charge in [-0.25, -0.2) is 13.4 Å². The molecule has 1 aromatic heterocycles. The molecule has 0 radical (unpaired) electrons. The van der Waals surface area contributed by atoms with Crippen LogP contribution in [0, 0.1) is 5.41 Å². The lowest BCUT2D eigenvalue weighted by atomic mass is 10.1. The van der Waals surface area contributed by atoms with Crippen molar-refractivity contribution in [3.05, 3.63) is 48.4 Å². The zero-order chi connectivity index (χ0) is 15.5. The third-order valence-corrected chi connectivity index (χ3v) is 4.27. The van der Waals surface area contributed by atoms with E-state index in [4.69, 9.17) is 11.1 Å². The third kappa shape index (κ3) is 3.47. The molecule has 21 heavy (non-hydrogen) atoms. The van der Waals surface area contributed by atoms with Crippen LogP contribution in [-0.4, -0.2) is 23.8 Å². The average molecular weight is 307 g/mol.